The van der Waals surface area contributed by atoms with Crippen LogP contribution in [0.4, 0.5) is 0 Å². The van der Waals surface area contributed by atoms with Crippen LogP contribution in [0.15, 0.2) is 30.3 Å². The van der Waals surface area contributed by atoms with Gasteiger partial charge in [0.1, 0.15) is 12.2 Å². The fourth-order valence-electron chi connectivity index (χ4n) is 3.49. The molecule has 0 amide bonds. The molecule has 0 aliphatic carbocycles. The minimum absolute atomic E-state index is 0.0214. The van der Waals surface area contributed by atoms with Crippen molar-refractivity contribution in [3.8, 4) is 23.0 Å². The summed E-state index contributed by atoms with van der Waals surface area (Å²) >= 11 is 0. The number of aliphatic hydroxyl groups is 2. The Balaban J connectivity index is 2.01. The van der Waals surface area contributed by atoms with E-state index in [4.69, 9.17) is 18.9 Å². The van der Waals surface area contributed by atoms with Crippen LogP contribution >= 0.6 is 0 Å². The van der Waals surface area contributed by atoms with Crippen LogP contribution < -0.4 is 18.9 Å². The molecule has 3 rings (SSSR count). The third-order valence-electron chi connectivity index (χ3n) is 5.05. The van der Waals surface area contributed by atoms with E-state index >= 15 is 0 Å². The third kappa shape index (κ3) is 3.42. The van der Waals surface area contributed by atoms with Crippen LogP contribution in [-0.2, 0) is 0 Å². The Morgan fingerprint density at radius 1 is 0.926 bits per heavy atom. The smallest absolute Gasteiger partial charge is 0.165 e. The second kappa shape index (κ2) is 7.66. The minimum atomic E-state index is -0.989. The van der Waals surface area contributed by atoms with Gasteiger partial charge in [0.25, 0.3) is 0 Å². The van der Waals surface area contributed by atoms with Crippen LogP contribution in [0.25, 0.3) is 0 Å². The second-order valence-electron chi connectivity index (χ2n) is 6.77. The van der Waals surface area contributed by atoms with Crippen LogP contribution in [0, 0.1) is 0 Å². The molecule has 2 aromatic carbocycles. The molecule has 0 saturated carbocycles. The van der Waals surface area contributed by atoms with Crippen LogP contribution in [0.3, 0.4) is 0 Å². The van der Waals surface area contributed by atoms with Gasteiger partial charge in [0, 0.05) is 11.5 Å². The van der Waals surface area contributed by atoms with Crippen molar-refractivity contribution in [1.29, 1.82) is 0 Å². The van der Waals surface area contributed by atoms with Crippen LogP contribution in [-0.4, -0.2) is 37.6 Å². The molecular weight excluding hydrogens is 348 g/mol. The standard InChI is InChI=1S/C21H26O6/c1-11-15-8-14(19(23)12(2)22)10-18(26-5)21(15)27-20(11)13-6-7-16(24-3)17(9-13)25-4/h6-12,19-20,22-23H,1-5H3/t11-,12-,19-,20-/m0/s1. The number of methoxy groups -OCH3 is 3. The van der Waals surface area contributed by atoms with Gasteiger partial charge in [-0.1, -0.05) is 13.0 Å². The van der Waals surface area contributed by atoms with Crippen molar-refractivity contribution in [1.82, 2.24) is 0 Å². The van der Waals surface area contributed by atoms with E-state index < -0.39 is 12.2 Å². The van der Waals surface area contributed by atoms with Gasteiger partial charge in [-0.3, -0.25) is 0 Å². The van der Waals surface area contributed by atoms with Crippen molar-refractivity contribution in [3.63, 3.8) is 0 Å². The molecule has 4 atom stereocenters. The molecule has 0 unspecified atom stereocenters. The summed E-state index contributed by atoms with van der Waals surface area (Å²) in [4.78, 5) is 0. The molecule has 1 heterocycles. The van der Waals surface area contributed by atoms with Crippen molar-refractivity contribution in [2.75, 3.05) is 21.3 Å². The zero-order valence-electron chi connectivity index (χ0n) is 16.2. The highest BCUT2D eigenvalue weighted by Crippen LogP contribution is 2.51. The molecule has 0 saturated heterocycles. The topological polar surface area (TPSA) is 77.4 Å². The van der Waals surface area contributed by atoms with Crippen molar-refractivity contribution in [3.05, 3.63) is 47.0 Å². The van der Waals surface area contributed by atoms with Crippen LogP contribution in [0.2, 0.25) is 0 Å². The highest BCUT2D eigenvalue weighted by Gasteiger charge is 2.36. The number of hydrogen-bond acceptors (Lipinski definition) is 6. The molecule has 146 valence electrons. The van der Waals surface area contributed by atoms with Gasteiger partial charge in [0.05, 0.1) is 27.4 Å². The lowest BCUT2D eigenvalue weighted by molar-refractivity contribution is 0.0304. The molecule has 0 bridgehead atoms. The van der Waals surface area contributed by atoms with Crippen molar-refractivity contribution >= 4 is 0 Å². The molecule has 2 aromatic rings. The zero-order chi connectivity index (χ0) is 19.7. The zero-order valence-corrected chi connectivity index (χ0v) is 16.2. The van der Waals surface area contributed by atoms with Crippen molar-refractivity contribution in [2.24, 2.45) is 0 Å². The first-order valence-electron chi connectivity index (χ1n) is 8.87. The molecule has 0 fully saturated rings. The monoisotopic (exact) mass is 374 g/mol. The average Bonchev–Trinajstić information content (AvgIpc) is 3.02. The lowest BCUT2D eigenvalue weighted by Crippen LogP contribution is -2.14. The predicted octanol–water partition coefficient (Wildman–Crippen LogP) is 3.36. The lowest BCUT2D eigenvalue weighted by atomic mass is 9.90. The summed E-state index contributed by atoms with van der Waals surface area (Å²) in [5, 5.41) is 20.0. The largest absolute Gasteiger partial charge is 0.493 e. The summed E-state index contributed by atoms with van der Waals surface area (Å²) in [6.07, 6.45) is -2.10. The van der Waals surface area contributed by atoms with Gasteiger partial charge >= 0.3 is 0 Å². The first kappa shape index (κ1) is 19.3. The minimum Gasteiger partial charge on any atom is -0.493 e. The summed E-state index contributed by atoms with van der Waals surface area (Å²) in [7, 11) is 4.76. The van der Waals surface area contributed by atoms with Gasteiger partial charge in [-0.05, 0) is 42.3 Å². The Morgan fingerprint density at radius 3 is 2.19 bits per heavy atom. The van der Waals surface area contributed by atoms with Gasteiger partial charge in [-0.2, -0.15) is 0 Å². The maximum Gasteiger partial charge on any atom is 0.165 e. The summed E-state index contributed by atoms with van der Waals surface area (Å²) < 4.78 is 22.4. The van der Waals surface area contributed by atoms with Gasteiger partial charge < -0.3 is 29.2 Å². The Labute approximate surface area is 159 Å². The van der Waals surface area contributed by atoms with E-state index in [9.17, 15) is 10.2 Å². The Hall–Kier alpha value is -2.44. The molecule has 27 heavy (non-hydrogen) atoms. The summed E-state index contributed by atoms with van der Waals surface area (Å²) in [6, 6.07) is 9.30. The van der Waals surface area contributed by atoms with E-state index in [1.165, 1.54) is 0 Å². The van der Waals surface area contributed by atoms with Gasteiger partial charge in [-0.15, -0.1) is 0 Å². The predicted molar refractivity (Wildman–Crippen MR) is 101 cm³/mol. The fourth-order valence-corrected chi connectivity index (χ4v) is 3.49. The van der Waals surface area contributed by atoms with E-state index in [-0.39, 0.29) is 12.0 Å². The highest BCUT2D eigenvalue weighted by molar-refractivity contribution is 5.56. The molecule has 0 spiro atoms. The molecule has 1 aliphatic heterocycles. The fraction of sp³-hybridized carbons (Fsp3) is 0.429. The molecular formula is C21H26O6. The third-order valence-corrected chi connectivity index (χ3v) is 5.05. The van der Waals surface area contributed by atoms with E-state index in [0.717, 1.165) is 11.1 Å². The van der Waals surface area contributed by atoms with Gasteiger partial charge in [0.2, 0.25) is 0 Å². The van der Waals surface area contributed by atoms with Crippen molar-refractivity contribution < 1.29 is 29.2 Å². The number of benzene rings is 2. The van der Waals surface area contributed by atoms with Gasteiger partial charge in [0.15, 0.2) is 23.0 Å². The molecule has 1 aliphatic rings. The quantitative estimate of drug-likeness (QED) is 0.807. The number of ether oxygens (including phenoxy) is 4. The summed E-state index contributed by atoms with van der Waals surface area (Å²) in [6.45, 7) is 3.61. The maximum absolute atomic E-state index is 10.3. The molecule has 6 nitrogen and oxygen atoms in total. The number of rotatable bonds is 6. The first-order chi connectivity index (χ1) is 12.9. The first-order valence-corrected chi connectivity index (χ1v) is 8.87. The Bertz CT molecular complexity index is 817. The lowest BCUT2D eigenvalue weighted by Gasteiger charge is -2.18. The summed E-state index contributed by atoms with van der Waals surface area (Å²) in [5.74, 6) is 2.51. The Kier molecular flexibility index (Phi) is 5.48. The van der Waals surface area contributed by atoms with E-state index in [1.807, 2.05) is 24.3 Å². The molecule has 2 N–H and O–H groups in total. The number of fused-ring (bicyclic) bond motifs is 1. The SMILES string of the molecule is COc1ccc([C@H]2Oc3c(OC)cc([C@@H](O)[C@H](C)O)cc3[C@@H]2C)cc1OC. The molecule has 6 heteroatoms. The molecule has 0 radical (unpaired) electrons. The normalized spacial score (nSPS) is 20.4. The number of aliphatic hydroxyl groups excluding tert-OH is 2. The van der Waals surface area contributed by atoms with E-state index in [2.05, 4.69) is 6.92 Å². The van der Waals surface area contributed by atoms with E-state index in [0.29, 0.717) is 28.6 Å². The summed E-state index contributed by atoms with van der Waals surface area (Å²) in [5.41, 5.74) is 2.49. The highest BCUT2D eigenvalue weighted by atomic mass is 16.5. The maximum atomic E-state index is 10.3. The van der Waals surface area contributed by atoms with Crippen LogP contribution in [0.1, 0.15) is 48.7 Å². The number of hydrogen-bond donors (Lipinski definition) is 2. The second-order valence-corrected chi connectivity index (χ2v) is 6.77. The van der Waals surface area contributed by atoms with E-state index in [1.54, 1.807) is 34.3 Å². The average molecular weight is 374 g/mol. The Morgan fingerprint density at radius 2 is 1.59 bits per heavy atom. The molecule has 0 aromatic heterocycles. The van der Waals surface area contributed by atoms with Crippen molar-refractivity contribution in [2.45, 2.75) is 38.1 Å². The van der Waals surface area contributed by atoms with Crippen LogP contribution in [0.5, 0.6) is 23.0 Å². The van der Waals surface area contributed by atoms with Gasteiger partial charge in [-0.25, -0.2) is 0 Å².